The van der Waals surface area contributed by atoms with Gasteiger partial charge in [-0.2, -0.15) is 0 Å². The summed E-state index contributed by atoms with van der Waals surface area (Å²) in [5, 5.41) is 8.70. The molecule has 0 radical (unpaired) electrons. The predicted octanol–water partition coefficient (Wildman–Crippen LogP) is 0.547. The fourth-order valence-corrected chi connectivity index (χ4v) is 0.990. The molecule has 3 N–H and O–H groups in total. The Morgan fingerprint density at radius 1 is 1.67 bits per heavy atom. The number of aromatic nitrogens is 1. The lowest BCUT2D eigenvalue weighted by Crippen LogP contribution is -2.06. The number of rotatable bonds is 2. The highest BCUT2D eigenvalue weighted by Crippen LogP contribution is 2.10. The molecule has 1 aromatic heterocycles. The van der Waals surface area contributed by atoms with Gasteiger partial charge in [0.25, 0.3) is 0 Å². The van der Waals surface area contributed by atoms with Gasteiger partial charge < -0.3 is 10.8 Å². The third-order valence-electron chi connectivity index (χ3n) is 1.77. The first-order chi connectivity index (χ1) is 5.66. The van der Waals surface area contributed by atoms with Gasteiger partial charge in [0.05, 0.1) is 5.56 Å². The SMILES string of the molecule is Cc1c(CN)cncc1C(=O)O. The standard InChI is InChI=1S/C8H10N2O2/c1-5-6(2-9)3-10-4-7(5)8(11)12/h3-4H,2,9H2,1H3,(H,11,12). The number of carboxylic acids is 1. The average Bonchev–Trinajstić information content (AvgIpc) is 2.04. The summed E-state index contributed by atoms with van der Waals surface area (Å²) in [7, 11) is 0. The van der Waals surface area contributed by atoms with Crippen molar-refractivity contribution in [1.29, 1.82) is 0 Å². The number of carbonyl (C=O) groups is 1. The van der Waals surface area contributed by atoms with Gasteiger partial charge in [0.1, 0.15) is 0 Å². The number of hydrogen-bond acceptors (Lipinski definition) is 3. The molecule has 64 valence electrons. The molecule has 0 atom stereocenters. The molecule has 0 aliphatic carbocycles. The maximum Gasteiger partial charge on any atom is 0.337 e. The molecule has 0 aromatic carbocycles. The summed E-state index contributed by atoms with van der Waals surface area (Å²) in [6, 6.07) is 0. The Hall–Kier alpha value is -1.42. The largest absolute Gasteiger partial charge is 0.478 e. The first-order valence-corrected chi connectivity index (χ1v) is 3.53. The number of nitrogens with zero attached hydrogens (tertiary/aromatic N) is 1. The van der Waals surface area contributed by atoms with Crippen LogP contribution in [-0.2, 0) is 6.54 Å². The van der Waals surface area contributed by atoms with Crippen LogP contribution in [0.15, 0.2) is 12.4 Å². The monoisotopic (exact) mass is 166 g/mol. The summed E-state index contributed by atoms with van der Waals surface area (Å²) < 4.78 is 0. The zero-order valence-electron chi connectivity index (χ0n) is 6.74. The number of nitrogens with two attached hydrogens (primary N) is 1. The van der Waals surface area contributed by atoms with Gasteiger partial charge in [-0.1, -0.05) is 0 Å². The zero-order chi connectivity index (χ0) is 9.14. The van der Waals surface area contributed by atoms with Crippen molar-refractivity contribution in [2.75, 3.05) is 0 Å². The molecule has 1 heterocycles. The number of aromatic carboxylic acids is 1. The Morgan fingerprint density at radius 3 is 2.83 bits per heavy atom. The van der Waals surface area contributed by atoms with Crippen LogP contribution in [0.25, 0.3) is 0 Å². The molecule has 1 rings (SSSR count). The molecule has 0 aliphatic heterocycles. The predicted molar refractivity (Wildman–Crippen MR) is 43.8 cm³/mol. The van der Waals surface area contributed by atoms with Crippen LogP contribution in [0.4, 0.5) is 0 Å². The summed E-state index contributed by atoms with van der Waals surface area (Å²) in [4.78, 5) is 14.4. The molecule has 0 amide bonds. The van der Waals surface area contributed by atoms with Crippen molar-refractivity contribution < 1.29 is 9.90 Å². The van der Waals surface area contributed by atoms with E-state index < -0.39 is 5.97 Å². The number of hydrogen-bond donors (Lipinski definition) is 2. The second kappa shape index (κ2) is 3.32. The Morgan fingerprint density at radius 2 is 2.33 bits per heavy atom. The summed E-state index contributed by atoms with van der Waals surface area (Å²) >= 11 is 0. The van der Waals surface area contributed by atoms with Gasteiger partial charge in [-0.25, -0.2) is 4.79 Å². The van der Waals surface area contributed by atoms with Gasteiger partial charge in [-0.3, -0.25) is 4.98 Å². The van der Waals surface area contributed by atoms with Crippen molar-refractivity contribution >= 4 is 5.97 Å². The third-order valence-corrected chi connectivity index (χ3v) is 1.77. The van der Waals surface area contributed by atoms with E-state index in [4.69, 9.17) is 10.8 Å². The molecule has 0 saturated carbocycles. The fraction of sp³-hybridized carbons (Fsp3) is 0.250. The molecule has 0 saturated heterocycles. The van der Waals surface area contributed by atoms with Crippen LogP contribution < -0.4 is 5.73 Å². The van der Waals surface area contributed by atoms with E-state index in [0.717, 1.165) is 5.56 Å². The molecule has 0 bridgehead atoms. The van der Waals surface area contributed by atoms with Gasteiger partial charge in [0.2, 0.25) is 0 Å². The van der Waals surface area contributed by atoms with Crippen molar-refractivity contribution in [3.05, 3.63) is 29.1 Å². The molecule has 0 fully saturated rings. The Balaban J connectivity index is 3.23. The summed E-state index contributed by atoms with van der Waals surface area (Å²) in [5.74, 6) is -0.963. The van der Waals surface area contributed by atoms with Gasteiger partial charge >= 0.3 is 5.97 Å². The van der Waals surface area contributed by atoms with E-state index in [1.807, 2.05) is 0 Å². The van der Waals surface area contributed by atoms with Crippen LogP contribution in [0.5, 0.6) is 0 Å². The second-order valence-electron chi connectivity index (χ2n) is 2.48. The van der Waals surface area contributed by atoms with E-state index in [1.54, 1.807) is 13.1 Å². The molecule has 1 aromatic rings. The molecule has 0 unspecified atom stereocenters. The van der Waals surface area contributed by atoms with Crippen molar-refractivity contribution in [1.82, 2.24) is 4.98 Å². The molecule has 12 heavy (non-hydrogen) atoms. The Labute approximate surface area is 70.0 Å². The lowest BCUT2D eigenvalue weighted by molar-refractivity contribution is 0.0695. The summed E-state index contributed by atoms with van der Waals surface area (Å²) in [6.45, 7) is 2.05. The van der Waals surface area contributed by atoms with Crippen LogP contribution in [0.2, 0.25) is 0 Å². The smallest absolute Gasteiger partial charge is 0.337 e. The van der Waals surface area contributed by atoms with E-state index in [-0.39, 0.29) is 5.56 Å². The van der Waals surface area contributed by atoms with E-state index in [0.29, 0.717) is 12.1 Å². The minimum atomic E-state index is -0.963. The van der Waals surface area contributed by atoms with Crippen molar-refractivity contribution in [2.45, 2.75) is 13.5 Å². The Kier molecular flexibility index (Phi) is 2.40. The summed E-state index contributed by atoms with van der Waals surface area (Å²) in [5.41, 5.74) is 7.07. The first-order valence-electron chi connectivity index (χ1n) is 3.53. The topological polar surface area (TPSA) is 76.2 Å². The van der Waals surface area contributed by atoms with E-state index >= 15 is 0 Å². The first kappa shape index (κ1) is 8.67. The van der Waals surface area contributed by atoms with E-state index in [9.17, 15) is 4.79 Å². The second-order valence-corrected chi connectivity index (χ2v) is 2.48. The minimum Gasteiger partial charge on any atom is -0.478 e. The van der Waals surface area contributed by atoms with Crippen molar-refractivity contribution in [3.8, 4) is 0 Å². The molecule has 0 spiro atoms. The number of carboxylic acid groups (broad SMARTS) is 1. The highest BCUT2D eigenvalue weighted by molar-refractivity contribution is 5.89. The highest BCUT2D eigenvalue weighted by atomic mass is 16.4. The van der Waals surface area contributed by atoms with Gasteiger partial charge in [0.15, 0.2) is 0 Å². The van der Waals surface area contributed by atoms with Gasteiger partial charge in [-0.05, 0) is 18.1 Å². The van der Waals surface area contributed by atoms with Crippen LogP contribution >= 0.6 is 0 Å². The van der Waals surface area contributed by atoms with Crippen molar-refractivity contribution in [3.63, 3.8) is 0 Å². The van der Waals surface area contributed by atoms with Crippen LogP contribution in [0, 0.1) is 6.92 Å². The lowest BCUT2D eigenvalue weighted by atomic mass is 10.1. The zero-order valence-corrected chi connectivity index (χ0v) is 6.74. The van der Waals surface area contributed by atoms with Crippen LogP contribution in [0.3, 0.4) is 0 Å². The lowest BCUT2D eigenvalue weighted by Gasteiger charge is -2.04. The van der Waals surface area contributed by atoms with Gasteiger partial charge in [0, 0.05) is 18.9 Å². The minimum absolute atomic E-state index is 0.220. The number of pyridine rings is 1. The van der Waals surface area contributed by atoms with Crippen LogP contribution in [-0.4, -0.2) is 16.1 Å². The quantitative estimate of drug-likeness (QED) is 0.672. The van der Waals surface area contributed by atoms with E-state index in [2.05, 4.69) is 4.98 Å². The van der Waals surface area contributed by atoms with Gasteiger partial charge in [-0.15, -0.1) is 0 Å². The molecule has 4 nitrogen and oxygen atoms in total. The van der Waals surface area contributed by atoms with Crippen LogP contribution in [0.1, 0.15) is 21.5 Å². The molecule has 0 aliphatic rings. The third kappa shape index (κ3) is 1.43. The van der Waals surface area contributed by atoms with E-state index in [1.165, 1.54) is 6.20 Å². The molecule has 4 heteroatoms. The van der Waals surface area contributed by atoms with Crippen molar-refractivity contribution in [2.24, 2.45) is 5.73 Å². The molecular formula is C8H10N2O2. The average molecular weight is 166 g/mol. The summed E-state index contributed by atoms with van der Waals surface area (Å²) in [6.07, 6.45) is 2.92. The Bertz CT molecular complexity index is 310. The highest BCUT2D eigenvalue weighted by Gasteiger charge is 2.09. The maximum atomic E-state index is 10.6. The fourth-order valence-electron chi connectivity index (χ4n) is 0.990. The normalized spacial score (nSPS) is 9.83. The maximum absolute atomic E-state index is 10.6. The molecular weight excluding hydrogens is 156 g/mol.